The number of hydrogen-bond acceptors (Lipinski definition) is 7. The van der Waals surface area contributed by atoms with Gasteiger partial charge < -0.3 is 30.7 Å². The zero-order valence-corrected chi connectivity index (χ0v) is 23.5. The molecule has 11 nitrogen and oxygen atoms in total. The molecule has 1 aromatic rings. The maximum Gasteiger partial charge on any atom is 0.408 e. The van der Waals surface area contributed by atoms with Gasteiger partial charge in [0.15, 0.2) is 0 Å². The molecule has 0 aliphatic rings. The Bertz CT molecular complexity index is 1000. The normalized spacial score (nSPS) is 12.6. The van der Waals surface area contributed by atoms with Crippen LogP contribution in [0.25, 0.3) is 0 Å². The molecule has 1 aromatic carbocycles. The molecule has 0 radical (unpaired) electrons. The Hall–Kier alpha value is -3.63. The molecule has 0 heterocycles. The van der Waals surface area contributed by atoms with Crippen LogP contribution in [0.5, 0.6) is 0 Å². The van der Waals surface area contributed by atoms with Gasteiger partial charge in [0.1, 0.15) is 24.2 Å². The molecule has 212 valence electrons. The number of nitrogens with zero attached hydrogens (tertiary/aromatic N) is 1. The van der Waals surface area contributed by atoms with Gasteiger partial charge in [0, 0.05) is 6.54 Å². The average molecular weight is 535 g/mol. The van der Waals surface area contributed by atoms with Gasteiger partial charge in [-0.2, -0.15) is 0 Å². The average Bonchev–Trinajstić information content (AvgIpc) is 2.81. The minimum absolute atomic E-state index is 0.154. The van der Waals surface area contributed by atoms with Crippen molar-refractivity contribution in [1.29, 1.82) is 0 Å². The fraction of sp³-hybridized carbons (Fsp3) is 0.593. The van der Waals surface area contributed by atoms with E-state index in [1.54, 1.807) is 32.9 Å². The summed E-state index contributed by atoms with van der Waals surface area (Å²) in [6, 6.07) is 2.84. The van der Waals surface area contributed by atoms with E-state index < -0.39 is 60.4 Å². The van der Waals surface area contributed by atoms with Crippen LogP contribution in [0.1, 0.15) is 76.1 Å². The predicted molar refractivity (Wildman–Crippen MR) is 142 cm³/mol. The summed E-state index contributed by atoms with van der Waals surface area (Å²) in [4.78, 5) is 64.8. The number of nitrogens with one attached hydrogen (secondary N) is 2. The Morgan fingerprint density at radius 3 is 2.24 bits per heavy atom. The van der Waals surface area contributed by atoms with E-state index >= 15 is 0 Å². The lowest BCUT2D eigenvalue weighted by Gasteiger charge is -2.34. The molecular weight excluding hydrogens is 492 g/mol. The number of primary amides is 1. The Morgan fingerprint density at radius 2 is 1.71 bits per heavy atom. The van der Waals surface area contributed by atoms with Crippen LogP contribution in [0.2, 0.25) is 0 Å². The molecule has 38 heavy (non-hydrogen) atoms. The van der Waals surface area contributed by atoms with Gasteiger partial charge in [0.25, 0.3) is 0 Å². The summed E-state index contributed by atoms with van der Waals surface area (Å²) < 4.78 is 9.90. The Kier molecular flexibility index (Phi) is 12.7. The van der Waals surface area contributed by atoms with Crippen molar-refractivity contribution in [2.24, 2.45) is 5.73 Å². The monoisotopic (exact) mass is 534 g/mol. The number of unbranched alkanes of at least 4 members (excludes halogenated alkanes) is 2. The lowest BCUT2D eigenvalue weighted by molar-refractivity contribution is -0.145. The summed E-state index contributed by atoms with van der Waals surface area (Å²) in [5.74, 6) is -2.76. The second kappa shape index (κ2) is 14.9. The van der Waals surface area contributed by atoms with Crippen LogP contribution in [0.3, 0.4) is 0 Å². The molecule has 0 saturated carbocycles. The van der Waals surface area contributed by atoms with Crippen LogP contribution >= 0.6 is 0 Å². The maximum absolute atomic E-state index is 13.9. The summed E-state index contributed by atoms with van der Waals surface area (Å²) in [6.07, 6.45) is 0.789. The van der Waals surface area contributed by atoms with Crippen LogP contribution in [-0.4, -0.2) is 66.5 Å². The third-order valence-corrected chi connectivity index (χ3v) is 5.72. The fourth-order valence-corrected chi connectivity index (χ4v) is 3.69. The van der Waals surface area contributed by atoms with Crippen LogP contribution < -0.4 is 16.4 Å². The van der Waals surface area contributed by atoms with Crippen molar-refractivity contribution < 1.29 is 33.4 Å². The standard InChI is InChI=1S/C27H42N4O7/c1-8-9-10-13-31(25(35)20(15-21(28)32)30-26(36)38-27(4,5)6)23(24(34)29-16-22(33)37-7)19-12-11-17(2)18(3)14-19/h11-12,14,20,23H,8-10,13,15-16H2,1-7H3,(H2,28,32)(H,29,34)(H,30,36). The maximum atomic E-state index is 13.9. The van der Waals surface area contributed by atoms with Crippen LogP contribution in [0.4, 0.5) is 4.79 Å². The highest BCUT2D eigenvalue weighted by molar-refractivity contribution is 5.95. The van der Waals surface area contributed by atoms with E-state index in [2.05, 4.69) is 15.4 Å². The van der Waals surface area contributed by atoms with Gasteiger partial charge >= 0.3 is 12.1 Å². The lowest BCUT2D eigenvalue weighted by Crippen LogP contribution is -2.54. The van der Waals surface area contributed by atoms with Crippen molar-refractivity contribution >= 4 is 29.8 Å². The van der Waals surface area contributed by atoms with Crippen molar-refractivity contribution in [1.82, 2.24) is 15.5 Å². The molecule has 0 saturated heterocycles. The second-order valence-electron chi connectivity index (χ2n) is 10.1. The topological polar surface area (TPSA) is 157 Å². The zero-order chi connectivity index (χ0) is 29.0. The van der Waals surface area contributed by atoms with Gasteiger partial charge in [0.05, 0.1) is 13.5 Å². The molecule has 0 aromatic heterocycles. The van der Waals surface area contributed by atoms with E-state index in [0.717, 1.165) is 24.0 Å². The molecule has 0 aliphatic carbocycles. The van der Waals surface area contributed by atoms with Crippen LogP contribution in [0, 0.1) is 13.8 Å². The largest absolute Gasteiger partial charge is 0.468 e. The number of nitrogens with two attached hydrogens (primary N) is 1. The van der Waals surface area contributed by atoms with Gasteiger partial charge in [0.2, 0.25) is 17.7 Å². The fourth-order valence-electron chi connectivity index (χ4n) is 3.69. The summed E-state index contributed by atoms with van der Waals surface area (Å²) >= 11 is 0. The SMILES string of the molecule is CCCCCN(C(=O)C(CC(N)=O)NC(=O)OC(C)(C)C)C(C(=O)NCC(=O)OC)c1ccc(C)c(C)c1. The van der Waals surface area contributed by atoms with Crippen LogP contribution in [0.15, 0.2) is 18.2 Å². The van der Waals surface area contributed by atoms with Crippen molar-refractivity contribution in [3.05, 3.63) is 34.9 Å². The molecule has 0 fully saturated rings. The van der Waals surface area contributed by atoms with Gasteiger partial charge in [-0.25, -0.2) is 4.79 Å². The molecule has 0 spiro atoms. The third kappa shape index (κ3) is 10.8. The number of ether oxygens (including phenoxy) is 2. The number of carbonyl (C=O) groups excluding carboxylic acids is 5. The van der Waals surface area contributed by atoms with Crippen molar-refractivity contribution in [2.75, 3.05) is 20.2 Å². The summed E-state index contributed by atoms with van der Waals surface area (Å²) in [5.41, 5.74) is 6.95. The third-order valence-electron chi connectivity index (χ3n) is 5.72. The van der Waals surface area contributed by atoms with E-state index in [1.807, 2.05) is 26.8 Å². The van der Waals surface area contributed by atoms with Crippen molar-refractivity contribution in [2.45, 2.75) is 84.9 Å². The van der Waals surface area contributed by atoms with Crippen molar-refractivity contribution in [3.8, 4) is 0 Å². The van der Waals surface area contributed by atoms with Gasteiger partial charge in [-0.05, 0) is 57.7 Å². The quantitative estimate of drug-likeness (QED) is 0.259. The Labute approximate surface area is 224 Å². The van der Waals surface area contributed by atoms with E-state index in [1.165, 1.54) is 12.0 Å². The summed E-state index contributed by atoms with van der Waals surface area (Å²) in [5, 5.41) is 4.97. The molecule has 4 amide bonds. The number of carbonyl (C=O) groups is 5. The minimum Gasteiger partial charge on any atom is -0.468 e. The molecule has 2 unspecified atom stereocenters. The Balaban J connectivity index is 3.54. The molecule has 1 rings (SSSR count). The minimum atomic E-state index is -1.37. The first-order valence-electron chi connectivity index (χ1n) is 12.7. The molecule has 4 N–H and O–H groups in total. The summed E-state index contributed by atoms with van der Waals surface area (Å²) in [7, 11) is 1.20. The number of amides is 4. The second-order valence-corrected chi connectivity index (χ2v) is 10.1. The highest BCUT2D eigenvalue weighted by atomic mass is 16.6. The zero-order valence-electron chi connectivity index (χ0n) is 23.5. The van der Waals surface area contributed by atoms with Crippen LogP contribution in [-0.2, 0) is 28.7 Å². The molecule has 0 bridgehead atoms. The molecular formula is C27H42N4O7. The van der Waals surface area contributed by atoms with E-state index in [9.17, 15) is 24.0 Å². The Morgan fingerprint density at radius 1 is 1.05 bits per heavy atom. The van der Waals surface area contributed by atoms with E-state index in [4.69, 9.17) is 10.5 Å². The first kappa shape index (κ1) is 32.4. The number of hydrogen-bond donors (Lipinski definition) is 3. The first-order valence-corrected chi connectivity index (χ1v) is 12.7. The lowest BCUT2D eigenvalue weighted by atomic mass is 9.97. The van der Waals surface area contributed by atoms with Gasteiger partial charge in [-0.1, -0.05) is 38.0 Å². The molecule has 11 heteroatoms. The van der Waals surface area contributed by atoms with Gasteiger partial charge in [-0.15, -0.1) is 0 Å². The van der Waals surface area contributed by atoms with Crippen molar-refractivity contribution in [3.63, 3.8) is 0 Å². The predicted octanol–water partition coefficient (Wildman–Crippen LogP) is 2.42. The smallest absolute Gasteiger partial charge is 0.408 e. The van der Waals surface area contributed by atoms with Gasteiger partial charge in [-0.3, -0.25) is 19.2 Å². The summed E-state index contributed by atoms with van der Waals surface area (Å²) in [6.45, 7) is 10.5. The van der Waals surface area contributed by atoms with E-state index in [0.29, 0.717) is 12.0 Å². The number of alkyl carbamates (subject to hydrolysis) is 1. The first-order chi connectivity index (χ1) is 17.7. The number of methoxy groups -OCH3 is 1. The highest BCUT2D eigenvalue weighted by Gasteiger charge is 2.37. The number of esters is 1. The number of aryl methyl sites for hydroxylation is 2. The molecule has 0 aliphatic heterocycles. The molecule has 2 atom stereocenters. The number of benzene rings is 1. The highest BCUT2D eigenvalue weighted by Crippen LogP contribution is 2.26. The van der Waals surface area contributed by atoms with E-state index in [-0.39, 0.29) is 6.54 Å². The number of rotatable bonds is 13.